The first-order valence-electron chi connectivity index (χ1n) is 9.64. The van der Waals surface area contributed by atoms with Crippen molar-refractivity contribution in [3.63, 3.8) is 0 Å². The maximum atomic E-state index is 12.7. The Bertz CT molecular complexity index is 645. The van der Waals surface area contributed by atoms with Gasteiger partial charge in [0.05, 0.1) is 12.5 Å². The molecule has 172 valence electrons. The number of carboxylic acids is 1. The van der Waals surface area contributed by atoms with E-state index in [0.29, 0.717) is 6.42 Å². The van der Waals surface area contributed by atoms with Crippen LogP contribution in [0, 0.1) is 11.8 Å². The van der Waals surface area contributed by atoms with Gasteiger partial charge in [-0.15, -0.1) is 0 Å². The van der Waals surface area contributed by atoms with Crippen LogP contribution in [0.5, 0.6) is 0 Å². The van der Waals surface area contributed by atoms with Crippen LogP contribution in [0.15, 0.2) is 0 Å². The van der Waals surface area contributed by atoms with E-state index in [9.17, 15) is 24.0 Å². The topological polar surface area (TPSA) is 194 Å². The number of primary amides is 1. The minimum absolute atomic E-state index is 0.108. The minimum atomic E-state index is -1.42. The summed E-state index contributed by atoms with van der Waals surface area (Å²) in [6.07, 6.45) is 0.117. The van der Waals surface area contributed by atoms with Crippen LogP contribution in [0.3, 0.4) is 0 Å². The van der Waals surface area contributed by atoms with E-state index in [0.717, 1.165) is 0 Å². The Kier molecular flexibility index (Phi) is 12.0. The van der Waals surface area contributed by atoms with Gasteiger partial charge in [0.1, 0.15) is 18.1 Å². The number of carbonyl (C=O) groups excluding carboxylic acids is 4. The molecule has 0 heterocycles. The fourth-order valence-electron chi connectivity index (χ4n) is 2.43. The van der Waals surface area contributed by atoms with Gasteiger partial charge in [-0.1, -0.05) is 34.1 Å². The zero-order valence-corrected chi connectivity index (χ0v) is 18.6. The summed E-state index contributed by atoms with van der Waals surface area (Å²) in [5.74, 6) is -5.03. The standard InChI is InChI=1S/C18H33N5O6S/c1-5-9(4)13(20)16(26)23-14(8(2)3)17(27)21-10(6-12(19)24)15(25)22-11(7-30)18(28)29/h8-11,13-14,30H,5-7,20H2,1-4H3,(H2,19,24)(H,21,27)(H,22,25)(H,23,26)(H,28,29). The Morgan fingerprint density at radius 2 is 1.47 bits per heavy atom. The van der Waals surface area contributed by atoms with Crippen molar-refractivity contribution in [1.82, 2.24) is 16.0 Å². The number of nitrogens with one attached hydrogen (secondary N) is 3. The third kappa shape index (κ3) is 8.99. The highest BCUT2D eigenvalue weighted by molar-refractivity contribution is 7.80. The molecule has 0 saturated carbocycles. The van der Waals surface area contributed by atoms with Crippen molar-refractivity contribution in [1.29, 1.82) is 0 Å². The van der Waals surface area contributed by atoms with Gasteiger partial charge in [0, 0.05) is 5.75 Å². The Hall–Kier alpha value is -2.34. The molecular weight excluding hydrogens is 414 g/mol. The van der Waals surface area contributed by atoms with Crippen molar-refractivity contribution in [2.24, 2.45) is 23.3 Å². The molecule has 0 aromatic carbocycles. The lowest BCUT2D eigenvalue weighted by atomic mass is 9.97. The molecule has 11 nitrogen and oxygen atoms in total. The van der Waals surface area contributed by atoms with Gasteiger partial charge in [-0.25, -0.2) is 4.79 Å². The summed E-state index contributed by atoms with van der Waals surface area (Å²) in [6.45, 7) is 7.06. The van der Waals surface area contributed by atoms with Crippen LogP contribution in [0.4, 0.5) is 0 Å². The second-order valence-electron chi connectivity index (χ2n) is 7.46. The number of carboxylic acid groups (broad SMARTS) is 1. The summed E-state index contributed by atoms with van der Waals surface area (Å²) in [5, 5.41) is 16.2. The largest absolute Gasteiger partial charge is 0.480 e. The van der Waals surface area contributed by atoms with E-state index >= 15 is 0 Å². The Balaban J connectivity index is 5.40. The number of carbonyl (C=O) groups is 5. The summed E-state index contributed by atoms with van der Waals surface area (Å²) in [7, 11) is 0. The Morgan fingerprint density at radius 1 is 0.933 bits per heavy atom. The summed E-state index contributed by atoms with van der Waals surface area (Å²) in [6, 6.07) is -4.59. The molecule has 5 unspecified atom stereocenters. The number of aliphatic carboxylic acids is 1. The normalized spacial score (nSPS) is 16.0. The van der Waals surface area contributed by atoms with Crippen LogP contribution in [0.2, 0.25) is 0 Å². The lowest BCUT2D eigenvalue weighted by molar-refractivity contribution is -0.141. The summed E-state index contributed by atoms with van der Waals surface area (Å²) in [5.41, 5.74) is 11.0. The van der Waals surface area contributed by atoms with Crippen LogP contribution in [0.25, 0.3) is 0 Å². The number of amides is 4. The fourth-order valence-corrected chi connectivity index (χ4v) is 2.67. The molecule has 0 aliphatic heterocycles. The number of nitrogens with two attached hydrogens (primary N) is 2. The zero-order valence-electron chi connectivity index (χ0n) is 17.7. The summed E-state index contributed by atoms with van der Waals surface area (Å²) in [4.78, 5) is 59.9. The molecule has 0 aliphatic carbocycles. The third-order valence-corrected chi connectivity index (χ3v) is 5.01. The van der Waals surface area contributed by atoms with Crippen LogP contribution >= 0.6 is 12.6 Å². The molecule has 0 aliphatic rings. The van der Waals surface area contributed by atoms with Crippen LogP contribution in [0.1, 0.15) is 40.5 Å². The van der Waals surface area contributed by atoms with Gasteiger partial charge in [0.2, 0.25) is 23.6 Å². The van der Waals surface area contributed by atoms with Gasteiger partial charge < -0.3 is 32.5 Å². The second kappa shape index (κ2) is 13.1. The monoisotopic (exact) mass is 447 g/mol. The van der Waals surface area contributed by atoms with Gasteiger partial charge in [-0.05, 0) is 11.8 Å². The predicted octanol–water partition coefficient (Wildman–Crippen LogP) is -1.64. The zero-order chi connectivity index (χ0) is 23.6. The number of hydrogen-bond donors (Lipinski definition) is 7. The van der Waals surface area contributed by atoms with E-state index in [2.05, 4.69) is 28.6 Å². The fraction of sp³-hybridized carbons (Fsp3) is 0.722. The van der Waals surface area contributed by atoms with Gasteiger partial charge in [0.15, 0.2) is 0 Å². The highest BCUT2D eigenvalue weighted by atomic mass is 32.1. The molecule has 30 heavy (non-hydrogen) atoms. The molecule has 5 atom stereocenters. The van der Waals surface area contributed by atoms with Crippen molar-refractivity contribution < 1.29 is 29.1 Å². The average Bonchev–Trinajstić information content (AvgIpc) is 2.66. The highest BCUT2D eigenvalue weighted by Crippen LogP contribution is 2.09. The molecule has 8 N–H and O–H groups in total. The number of rotatable bonds is 13. The Labute approximate surface area is 181 Å². The Morgan fingerprint density at radius 3 is 1.87 bits per heavy atom. The van der Waals surface area contributed by atoms with E-state index in [1.165, 1.54) is 0 Å². The van der Waals surface area contributed by atoms with E-state index in [-0.39, 0.29) is 17.6 Å². The van der Waals surface area contributed by atoms with E-state index in [1.54, 1.807) is 13.8 Å². The van der Waals surface area contributed by atoms with Crippen molar-refractivity contribution in [3.8, 4) is 0 Å². The molecule has 12 heteroatoms. The van der Waals surface area contributed by atoms with Crippen molar-refractivity contribution in [2.45, 2.75) is 64.7 Å². The molecule has 0 aromatic heterocycles. The van der Waals surface area contributed by atoms with E-state index < -0.39 is 60.2 Å². The summed E-state index contributed by atoms with van der Waals surface area (Å²) < 4.78 is 0. The molecule has 4 amide bonds. The average molecular weight is 448 g/mol. The molecule has 0 aromatic rings. The van der Waals surface area contributed by atoms with Crippen molar-refractivity contribution in [3.05, 3.63) is 0 Å². The summed E-state index contributed by atoms with van der Waals surface area (Å²) >= 11 is 3.84. The molecule has 0 rings (SSSR count). The van der Waals surface area contributed by atoms with Gasteiger partial charge in [-0.3, -0.25) is 19.2 Å². The third-order valence-electron chi connectivity index (χ3n) is 4.64. The van der Waals surface area contributed by atoms with Crippen LogP contribution < -0.4 is 27.4 Å². The molecular formula is C18H33N5O6S. The highest BCUT2D eigenvalue weighted by Gasteiger charge is 2.32. The molecule has 0 fully saturated rings. The van der Waals surface area contributed by atoms with Gasteiger partial charge >= 0.3 is 5.97 Å². The second-order valence-corrected chi connectivity index (χ2v) is 7.82. The number of thiol groups is 1. The van der Waals surface area contributed by atoms with E-state index in [4.69, 9.17) is 16.6 Å². The molecule has 0 radical (unpaired) electrons. The maximum Gasteiger partial charge on any atom is 0.327 e. The molecule has 0 saturated heterocycles. The van der Waals surface area contributed by atoms with Crippen LogP contribution in [-0.2, 0) is 24.0 Å². The van der Waals surface area contributed by atoms with Gasteiger partial charge in [-0.2, -0.15) is 12.6 Å². The van der Waals surface area contributed by atoms with E-state index in [1.807, 2.05) is 13.8 Å². The lowest BCUT2D eigenvalue weighted by Gasteiger charge is -2.27. The first-order valence-corrected chi connectivity index (χ1v) is 10.3. The molecule has 0 spiro atoms. The number of hydrogen-bond acceptors (Lipinski definition) is 7. The SMILES string of the molecule is CCC(C)C(N)C(=O)NC(C(=O)NC(CC(N)=O)C(=O)NC(CS)C(=O)O)C(C)C. The van der Waals surface area contributed by atoms with Crippen molar-refractivity contribution in [2.75, 3.05) is 5.75 Å². The predicted molar refractivity (Wildman–Crippen MR) is 113 cm³/mol. The first kappa shape index (κ1) is 27.7. The van der Waals surface area contributed by atoms with Gasteiger partial charge in [0.25, 0.3) is 0 Å². The quantitative estimate of drug-likeness (QED) is 0.164. The van der Waals surface area contributed by atoms with Crippen molar-refractivity contribution >= 4 is 42.2 Å². The minimum Gasteiger partial charge on any atom is -0.480 e. The van der Waals surface area contributed by atoms with Crippen LogP contribution in [-0.4, -0.2) is 64.6 Å². The maximum absolute atomic E-state index is 12.7. The lowest BCUT2D eigenvalue weighted by Crippen LogP contribution is -2.59. The molecule has 0 bridgehead atoms. The first-order chi connectivity index (χ1) is 13.8. The smallest absolute Gasteiger partial charge is 0.327 e.